The maximum absolute atomic E-state index is 12.9. The van der Waals surface area contributed by atoms with Gasteiger partial charge in [0.05, 0.1) is 40.3 Å². The van der Waals surface area contributed by atoms with E-state index in [1.165, 1.54) is 205 Å². The molecule has 9 heteroatoms. The molecule has 0 rings (SSSR count). The molecular formula is C80H141NO8. The van der Waals surface area contributed by atoms with Gasteiger partial charge in [-0.15, -0.1) is 0 Å². The van der Waals surface area contributed by atoms with Gasteiger partial charge in [0, 0.05) is 12.8 Å². The van der Waals surface area contributed by atoms with Crippen molar-refractivity contribution in [1.82, 2.24) is 0 Å². The normalized spacial score (nSPS) is 13.2. The lowest BCUT2D eigenvalue weighted by molar-refractivity contribution is -0.870. The van der Waals surface area contributed by atoms with E-state index in [9.17, 15) is 19.5 Å². The van der Waals surface area contributed by atoms with Crippen LogP contribution in [0.5, 0.6) is 0 Å². The highest BCUT2D eigenvalue weighted by atomic mass is 16.7. The van der Waals surface area contributed by atoms with Crippen LogP contribution in [0.1, 0.15) is 335 Å². The molecule has 0 bridgehead atoms. The second-order valence-electron chi connectivity index (χ2n) is 26.2. The number of likely N-dealkylation sites (N-methyl/N-ethyl adjacent to an activating group) is 1. The number of aliphatic carboxylic acids is 1. The van der Waals surface area contributed by atoms with Gasteiger partial charge in [0.15, 0.2) is 12.4 Å². The molecule has 89 heavy (non-hydrogen) atoms. The minimum Gasteiger partial charge on any atom is -0.545 e. The fourth-order valence-corrected chi connectivity index (χ4v) is 10.6. The first-order valence-corrected chi connectivity index (χ1v) is 37.4. The lowest BCUT2D eigenvalue weighted by Crippen LogP contribution is -2.44. The van der Waals surface area contributed by atoms with Crippen molar-refractivity contribution in [2.75, 3.05) is 47.5 Å². The summed E-state index contributed by atoms with van der Waals surface area (Å²) < 4.78 is 22.8. The molecule has 0 spiro atoms. The summed E-state index contributed by atoms with van der Waals surface area (Å²) in [5.74, 6) is -2.30. The first-order valence-electron chi connectivity index (χ1n) is 37.4. The number of hydrogen-bond acceptors (Lipinski definition) is 8. The van der Waals surface area contributed by atoms with E-state index in [2.05, 4.69) is 111 Å². The number of nitrogens with zero attached hydrogens (tertiary/aromatic N) is 1. The molecule has 0 aliphatic carbocycles. The summed E-state index contributed by atoms with van der Waals surface area (Å²) in [7, 11) is 5.92. The molecule has 0 saturated carbocycles. The highest BCUT2D eigenvalue weighted by Crippen LogP contribution is 2.18. The maximum Gasteiger partial charge on any atom is 0.306 e. The van der Waals surface area contributed by atoms with Crippen LogP contribution in [0.4, 0.5) is 0 Å². The van der Waals surface area contributed by atoms with E-state index in [0.717, 1.165) is 96.3 Å². The zero-order valence-electron chi connectivity index (χ0n) is 58.8. The van der Waals surface area contributed by atoms with E-state index in [-0.39, 0.29) is 38.6 Å². The van der Waals surface area contributed by atoms with Gasteiger partial charge in [-0.3, -0.25) is 9.59 Å². The molecule has 2 atom stereocenters. The highest BCUT2D eigenvalue weighted by molar-refractivity contribution is 5.70. The van der Waals surface area contributed by atoms with Gasteiger partial charge >= 0.3 is 11.9 Å². The molecule has 0 saturated heterocycles. The molecule has 9 nitrogen and oxygen atoms in total. The van der Waals surface area contributed by atoms with Crippen LogP contribution in [-0.2, 0) is 33.3 Å². The SMILES string of the molecule is CC/C=C\C/C=C\C/C=C\C/C=C\C/C=C\C/C=C\C/C=C\CCCCCCCC(=O)OC(COC(=O)CCCCCCCCCCCCCCCCCCCCCCCCCCC/C=C\CCCCCCCCCC)COC(OCC[N+](C)(C)C)C(=O)[O-]. The van der Waals surface area contributed by atoms with Crippen molar-refractivity contribution in [3.05, 3.63) is 97.2 Å². The zero-order valence-corrected chi connectivity index (χ0v) is 58.8. The van der Waals surface area contributed by atoms with Crippen LogP contribution < -0.4 is 5.11 Å². The Morgan fingerprint density at radius 2 is 0.640 bits per heavy atom. The Bertz CT molecular complexity index is 1790. The number of quaternary nitrogens is 1. The van der Waals surface area contributed by atoms with E-state index < -0.39 is 24.3 Å². The Kier molecular flexibility index (Phi) is 67.1. The number of carbonyl (C=O) groups is 3. The summed E-state index contributed by atoms with van der Waals surface area (Å²) >= 11 is 0. The Labute approximate surface area is 550 Å². The molecule has 0 aliphatic rings. The first-order chi connectivity index (χ1) is 43.6. The van der Waals surface area contributed by atoms with Crippen molar-refractivity contribution in [2.45, 2.75) is 347 Å². The fraction of sp³-hybridized carbons (Fsp3) is 0.762. The van der Waals surface area contributed by atoms with Gasteiger partial charge < -0.3 is 33.3 Å². The van der Waals surface area contributed by atoms with Crippen LogP contribution in [0, 0.1) is 0 Å². The van der Waals surface area contributed by atoms with Crippen molar-refractivity contribution in [1.29, 1.82) is 0 Å². The molecule has 0 amide bonds. The zero-order chi connectivity index (χ0) is 64.7. The third kappa shape index (κ3) is 71.5. The molecule has 2 unspecified atom stereocenters. The van der Waals surface area contributed by atoms with Gasteiger partial charge in [-0.2, -0.15) is 0 Å². The Morgan fingerprint density at radius 1 is 0.348 bits per heavy atom. The van der Waals surface area contributed by atoms with Crippen LogP contribution in [0.2, 0.25) is 0 Å². The van der Waals surface area contributed by atoms with E-state index in [4.69, 9.17) is 18.9 Å². The number of carboxylic acids is 1. The van der Waals surface area contributed by atoms with Gasteiger partial charge in [-0.1, -0.05) is 323 Å². The second-order valence-corrected chi connectivity index (χ2v) is 26.2. The van der Waals surface area contributed by atoms with Gasteiger partial charge in [0.1, 0.15) is 13.2 Å². The predicted molar refractivity (Wildman–Crippen MR) is 380 cm³/mol. The molecular weight excluding hydrogens is 1100 g/mol. The molecule has 0 heterocycles. The first kappa shape index (κ1) is 85.2. The summed E-state index contributed by atoms with van der Waals surface area (Å²) in [6.45, 7) is 4.64. The van der Waals surface area contributed by atoms with Crippen molar-refractivity contribution in [3.8, 4) is 0 Å². The molecule has 0 aromatic carbocycles. The largest absolute Gasteiger partial charge is 0.545 e. The molecule has 0 aromatic rings. The minimum absolute atomic E-state index is 0.140. The quantitative estimate of drug-likeness (QED) is 0.0195. The molecule has 514 valence electrons. The van der Waals surface area contributed by atoms with Gasteiger partial charge in [0.2, 0.25) is 0 Å². The van der Waals surface area contributed by atoms with Crippen molar-refractivity contribution >= 4 is 17.9 Å². The van der Waals surface area contributed by atoms with Crippen LogP contribution in [-0.4, -0.2) is 82.3 Å². The van der Waals surface area contributed by atoms with E-state index >= 15 is 0 Å². The van der Waals surface area contributed by atoms with Crippen LogP contribution in [0.15, 0.2) is 97.2 Å². The van der Waals surface area contributed by atoms with Crippen LogP contribution in [0.3, 0.4) is 0 Å². The molecule has 0 N–H and O–H groups in total. The second kappa shape index (κ2) is 70.1. The number of allylic oxidation sites excluding steroid dienone is 16. The number of esters is 2. The number of rotatable bonds is 69. The van der Waals surface area contributed by atoms with E-state index in [1.807, 2.05) is 21.1 Å². The van der Waals surface area contributed by atoms with E-state index in [0.29, 0.717) is 17.4 Å². The molecule has 0 aliphatic heterocycles. The summed E-state index contributed by atoms with van der Waals surface area (Å²) in [6.07, 6.45) is 93.8. The van der Waals surface area contributed by atoms with Crippen molar-refractivity contribution in [2.24, 2.45) is 0 Å². The Morgan fingerprint density at radius 3 is 0.966 bits per heavy atom. The standard InChI is InChI=1S/C80H141NO8/c1-6-8-10-12-14-16-18-20-22-24-26-28-30-32-34-35-36-37-38-39-40-41-42-43-45-46-48-50-52-54-56-58-60-62-64-66-68-70-77(82)87-74-76(75-88-80(79(84)85)86-73-72-81(3,4)5)89-78(83)71-69-67-65-63-61-59-57-55-53-51-49-47-44-33-31-29-27-25-23-21-19-17-15-13-11-9-7-2/h9,11,15,17,21,23-24,26-27,29,33,44,49,51,55,57,76,80H,6-8,10,12-14,16,18-20,22,25,28,30-32,34-43,45-48,50,52-54,56,58-75H2,1-5H3/b11-9-,17-15-,23-21-,26-24-,29-27-,44-33-,51-49-,57-55-. The van der Waals surface area contributed by atoms with Gasteiger partial charge in [0.25, 0.3) is 0 Å². The smallest absolute Gasteiger partial charge is 0.306 e. The topological polar surface area (TPSA) is 111 Å². The van der Waals surface area contributed by atoms with E-state index in [1.54, 1.807) is 0 Å². The number of hydrogen-bond donors (Lipinski definition) is 0. The van der Waals surface area contributed by atoms with Gasteiger partial charge in [-0.25, -0.2) is 0 Å². The number of ether oxygens (including phenoxy) is 4. The number of unbranched alkanes of at least 4 members (excludes halogenated alkanes) is 38. The average Bonchev–Trinajstić information content (AvgIpc) is 3.64. The summed E-state index contributed by atoms with van der Waals surface area (Å²) in [5.41, 5.74) is 0. The predicted octanol–water partition coefficient (Wildman–Crippen LogP) is 22.3. The maximum atomic E-state index is 12.9. The van der Waals surface area contributed by atoms with Crippen molar-refractivity contribution < 1.29 is 42.9 Å². The molecule has 0 aromatic heterocycles. The van der Waals surface area contributed by atoms with Gasteiger partial charge in [-0.05, 0) is 96.3 Å². The number of carbonyl (C=O) groups excluding carboxylic acids is 3. The lowest BCUT2D eigenvalue weighted by atomic mass is 10.0. The molecule has 0 radical (unpaired) electrons. The minimum atomic E-state index is -1.63. The molecule has 0 fully saturated rings. The summed E-state index contributed by atoms with van der Waals surface area (Å²) in [4.78, 5) is 37.5. The average molecular weight is 1250 g/mol. The highest BCUT2D eigenvalue weighted by Gasteiger charge is 2.22. The monoisotopic (exact) mass is 1240 g/mol. The summed E-state index contributed by atoms with van der Waals surface area (Å²) in [5, 5.41) is 11.8. The number of carboxylic acid groups (broad SMARTS) is 1. The Balaban J connectivity index is 4.06. The van der Waals surface area contributed by atoms with Crippen molar-refractivity contribution in [3.63, 3.8) is 0 Å². The third-order valence-electron chi connectivity index (χ3n) is 16.3. The Hall–Kier alpha value is -3.79. The van der Waals surface area contributed by atoms with Crippen LogP contribution >= 0.6 is 0 Å². The lowest BCUT2D eigenvalue weighted by Gasteiger charge is -2.26. The fourth-order valence-electron chi connectivity index (χ4n) is 10.6. The van der Waals surface area contributed by atoms with Crippen LogP contribution in [0.25, 0.3) is 0 Å². The third-order valence-corrected chi connectivity index (χ3v) is 16.3. The summed E-state index contributed by atoms with van der Waals surface area (Å²) in [6, 6.07) is 0.